The quantitative estimate of drug-likeness (QED) is 0.771. The lowest BCUT2D eigenvalue weighted by Gasteiger charge is -2.46. The molecule has 0 radical (unpaired) electrons. The fourth-order valence-corrected chi connectivity index (χ4v) is 5.15. The Hall–Kier alpha value is -2.43. The largest absolute Gasteiger partial charge is 0.486 e. The van der Waals surface area contributed by atoms with E-state index in [0.29, 0.717) is 13.2 Å². The summed E-state index contributed by atoms with van der Waals surface area (Å²) < 4.78 is 13.6. The Labute approximate surface area is 159 Å². The van der Waals surface area contributed by atoms with Gasteiger partial charge in [0.15, 0.2) is 11.5 Å². The molecule has 0 unspecified atom stereocenters. The minimum Gasteiger partial charge on any atom is -0.486 e. The Bertz CT molecular complexity index is 895. The average Bonchev–Trinajstić information content (AvgIpc) is 3.33. The van der Waals surface area contributed by atoms with Gasteiger partial charge in [-0.3, -0.25) is 4.79 Å². The van der Waals surface area contributed by atoms with Crippen LogP contribution in [0.1, 0.15) is 60.1 Å². The fourth-order valence-electron chi connectivity index (χ4n) is 5.15. The van der Waals surface area contributed by atoms with Crippen molar-refractivity contribution in [3.8, 4) is 11.5 Å². The van der Waals surface area contributed by atoms with Gasteiger partial charge in [-0.2, -0.15) is 0 Å². The van der Waals surface area contributed by atoms with Gasteiger partial charge in [-0.05, 0) is 49.1 Å². The first-order valence-corrected chi connectivity index (χ1v) is 9.94. The van der Waals surface area contributed by atoms with E-state index in [4.69, 9.17) is 9.47 Å². The van der Waals surface area contributed by atoms with Gasteiger partial charge in [0.25, 0.3) is 5.91 Å². The number of hydrogen-bond acceptors (Lipinski definition) is 3. The van der Waals surface area contributed by atoms with Gasteiger partial charge in [-0.25, -0.2) is 0 Å². The van der Waals surface area contributed by atoms with Crippen molar-refractivity contribution >= 4 is 5.91 Å². The molecule has 2 aliphatic heterocycles. The van der Waals surface area contributed by atoms with Crippen molar-refractivity contribution in [2.45, 2.75) is 44.1 Å². The molecule has 0 saturated heterocycles. The molecule has 2 aromatic rings. The smallest absolute Gasteiger partial charge is 0.255 e. The first-order valence-electron chi connectivity index (χ1n) is 9.94. The molecular formula is C22H26N2O3. The van der Waals surface area contributed by atoms with Crippen LogP contribution in [-0.2, 0) is 12.5 Å². The van der Waals surface area contributed by atoms with Gasteiger partial charge in [0.05, 0.1) is 11.6 Å². The number of aromatic nitrogens is 1. The highest BCUT2D eigenvalue weighted by Crippen LogP contribution is 2.52. The van der Waals surface area contributed by atoms with Gasteiger partial charge in [0, 0.05) is 31.4 Å². The zero-order valence-electron chi connectivity index (χ0n) is 16.0. The van der Waals surface area contributed by atoms with Crippen LogP contribution >= 0.6 is 0 Å². The van der Waals surface area contributed by atoms with Crippen LogP contribution in [0.25, 0.3) is 0 Å². The molecule has 1 spiro atoms. The monoisotopic (exact) mass is 366 g/mol. The van der Waals surface area contributed by atoms with Gasteiger partial charge in [-0.15, -0.1) is 0 Å². The molecule has 5 nitrogen and oxygen atoms in total. The highest BCUT2D eigenvalue weighted by atomic mass is 16.6. The molecule has 1 fully saturated rings. The van der Waals surface area contributed by atoms with Crippen LogP contribution in [0.2, 0.25) is 0 Å². The van der Waals surface area contributed by atoms with Crippen molar-refractivity contribution in [3.05, 3.63) is 47.3 Å². The number of aryl methyl sites for hydroxylation is 1. The number of carbonyl (C=O) groups excluding carboxylic acids is 1. The Kier molecular flexibility index (Phi) is 3.74. The van der Waals surface area contributed by atoms with E-state index >= 15 is 0 Å². The molecule has 5 rings (SSSR count). The standard InChI is InChI=1S/C22H26N2O3/c1-15-17-11-19-20(27-10-9-26-19)12-18(17)22(6-3-4-7-22)14-24(15)21(25)16-5-8-23(2)13-16/h5,8,11-13,15H,3-4,6-7,9-10,14H2,1-2H3/t15-/m0/s1. The van der Waals surface area contributed by atoms with Crippen molar-refractivity contribution in [1.82, 2.24) is 9.47 Å². The molecule has 27 heavy (non-hydrogen) atoms. The maximum atomic E-state index is 13.3. The molecule has 5 heteroatoms. The van der Waals surface area contributed by atoms with Crippen molar-refractivity contribution < 1.29 is 14.3 Å². The van der Waals surface area contributed by atoms with Crippen molar-refractivity contribution in [3.63, 3.8) is 0 Å². The molecule has 1 aromatic carbocycles. The maximum absolute atomic E-state index is 13.3. The molecule has 1 aliphatic carbocycles. The minimum absolute atomic E-state index is 0.0229. The van der Waals surface area contributed by atoms with Crippen molar-refractivity contribution in [2.75, 3.05) is 19.8 Å². The lowest BCUT2D eigenvalue weighted by molar-refractivity contribution is 0.0593. The van der Waals surface area contributed by atoms with Gasteiger partial charge in [0.2, 0.25) is 0 Å². The van der Waals surface area contributed by atoms with Gasteiger partial charge in [0.1, 0.15) is 13.2 Å². The summed E-state index contributed by atoms with van der Waals surface area (Å²) in [7, 11) is 1.95. The van der Waals surface area contributed by atoms with Crippen LogP contribution in [0.4, 0.5) is 0 Å². The number of ether oxygens (including phenoxy) is 2. The molecular weight excluding hydrogens is 340 g/mol. The van der Waals surface area contributed by atoms with Gasteiger partial charge < -0.3 is 18.9 Å². The van der Waals surface area contributed by atoms with Crippen molar-refractivity contribution in [2.24, 2.45) is 7.05 Å². The number of carbonyl (C=O) groups is 1. The lowest BCUT2D eigenvalue weighted by Crippen LogP contribution is -2.48. The second-order valence-corrected chi connectivity index (χ2v) is 8.25. The summed E-state index contributed by atoms with van der Waals surface area (Å²) in [5.74, 6) is 1.80. The van der Waals surface area contributed by atoms with E-state index in [9.17, 15) is 4.79 Å². The summed E-state index contributed by atoms with van der Waals surface area (Å²) in [6, 6.07) is 6.26. The highest BCUT2D eigenvalue weighted by Gasteiger charge is 2.46. The molecule has 3 aliphatic rings. The second kappa shape index (κ2) is 6.04. The molecule has 0 N–H and O–H groups in total. The van der Waals surface area contributed by atoms with Gasteiger partial charge >= 0.3 is 0 Å². The van der Waals surface area contributed by atoms with Crippen LogP contribution < -0.4 is 9.47 Å². The summed E-state index contributed by atoms with van der Waals surface area (Å²) in [4.78, 5) is 15.4. The second-order valence-electron chi connectivity index (χ2n) is 8.25. The average molecular weight is 366 g/mol. The van der Waals surface area contributed by atoms with Crippen LogP contribution in [0, 0.1) is 0 Å². The van der Waals surface area contributed by atoms with E-state index in [1.54, 1.807) is 0 Å². The number of amides is 1. The summed E-state index contributed by atoms with van der Waals surface area (Å²) in [6.45, 7) is 4.11. The van der Waals surface area contributed by atoms with E-state index in [1.807, 2.05) is 30.1 Å². The number of rotatable bonds is 1. The van der Waals surface area contributed by atoms with Gasteiger partial charge in [-0.1, -0.05) is 12.8 Å². The zero-order chi connectivity index (χ0) is 18.6. The number of fused-ring (bicyclic) bond motifs is 3. The molecule has 142 valence electrons. The normalized spacial score (nSPS) is 22.7. The first-order chi connectivity index (χ1) is 13.1. The summed E-state index contributed by atoms with van der Waals surface area (Å²) in [5.41, 5.74) is 3.39. The summed E-state index contributed by atoms with van der Waals surface area (Å²) in [6.07, 6.45) is 8.54. The predicted octanol–water partition coefficient (Wildman–Crippen LogP) is 3.83. The third-order valence-corrected chi connectivity index (χ3v) is 6.58. The summed E-state index contributed by atoms with van der Waals surface area (Å²) in [5, 5.41) is 0. The minimum atomic E-state index is 0.0229. The molecule has 1 atom stereocenters. The Balaban J connectivity index is 1.61. The maximum Gasteiger partial charge on any atom is 0.255 e. The Morgan fingerprint density at radius 2 is 1.85 bits per heavy atom. The van der Waals surface area contributed by atoms with E-state index in [0.717, 1.165) is 36.4 Å². The number of nitrogens with zero attached hydrogens (tertiary/aromatic N) is 2. The van der Waals surface area contributed by atoms with Crippen LogP contribution in [0.3, 0.4) is 0 Å². The molecule has 3 heterocycles. The van der Waals surface area contributed by atoms with Crippen LogP contribution in [0.15, 0.2) is 30.6 Å². The van der Waals surface area contributed by atoms with E-state index in [2.05, 4.69) is 24.0 Å². The zero-order valence-corrected chi connectivity index (χ0v) is 16.0. The molecule has 0 bridgehead atoms. The van der Waals surface area contributed by atoms with E-state index < -0.39 is 0 Å². The van der Waals surface area contributed by atoms with E-state index in [-0.39, 0.29) is 17.4 Å². The van der Waals surface area contributed by atoms with Crippen LogP contribution in [-0.4, -0.2) is 35.1 Å². The van der Waals surface area contributed by atoms with Crippen molar-refractivity contribution in [1.29, 1.82) is 0 Å². The van der Waals surface area contributed by atoms with Crippen LogP contribution in [0.5, 0.6) is 11.5 Å². The fraction of sp³-hybridized carbons (Fsp3) is 0.500. The molecule has 1 aromatic heterocycles. The third kappa shape index (κ3) is 2.55. The predicted molar refractivity (Wildman–Crippen MR) is 102 cm³/mol. The number of hydrogen-bond donors (Lipinski definition) is 0. The third-order valence-electron chi connectivity index (χ3n) is 6.58. The SMILES string of the molecule is C[C@H]1c2cc3c(cc2C2(CCCC2)CN1C(=O)c1ccn(C)c1)OCCO3. The van der Waals surface area contributed by atoms with E-state index in [1.165, 1.54) is 24.0 Å². The topological polar surface area (TPSA) is 43.7 Å². The number of benzene rings is 1. The Morgan fingerprint density at radius 3 is 2.52 bits per heavy atom. The summed E-state index contributed by atoms with van der Waals surface area (Å²) >= 11 is 0. The Morgan fingerprint density at radius 1 is 1.15 bits per heavy atom. The highest BCUT2D eigenvalue weighted by molar-refractivity contribution is 5.94. The molecule has 1 saturated carbocycles. The first kappa shape index (κ1) is 16.7. The lowest BCUT2D eigenvalue weighted by atomic mass is 9.71. The molecule has 1 amide bonds.